The minimum absolute atomic E-state index is 0.778. The van der Waals surface area contributed by atoms with Gasteiger partial charge in [0, 0.05) is 25.5 Å². The number of H-pyrrole nitrogens is 1. The lowest BCUT2D eigenvalue weighted by Crippen LogP contribution is -2.20. The highest BCUT2D eigenvalue weighted by molar-refractivity contribution is 4.85. The third-order valence-corrected chi connectivity index (χ3v) is 1.91. The standard InChI is InChI=1S/C10H19N3O/c1-2-3-7-14-8-6-11-9-10-12-4-5-13-10/h4-5,11H,2-3,6-9H2,1H3,(H,12,13). The minimum atomic E-state index is 0.778. The van der Waals surface area contributed by atoms with Crippen molar-refractivity contribution in [2.24, 2.45) is 0 Å². The van der Waals surface area contributed by atoms with E-state index in [1.165, 1.54) is 6.42 Å². The van der Waals surface area contributed by atoms with Gasteiger partial charge in [-0.3, -0.25) is 0 Å². The smallest absolute Gasteiger partial charge is 0.120 e. The Labute approximate surface area is 85.1 Å². The lowest BCUT2D eigenvalue weighted by Gasteiger charge is -2.03. The van der Waals surface area contributed by atoms with Crippen molar-refractivity contribution in [1.82, 2.24) is 15.3 Å². The lowest BCUT2D eigenvalue weighted by molar-refractivity contribution is 0.132. The van der Waals surface area contributed by atoms with Crippen molar-refractivity contribution in [2.45, 2.75) is 26.3 Å². The van der Waals surface area contributed by atoms with E-state index in [2.05, 4.69) is 22.2 Å². The van der Waals surface area contributed by atoms with Gasteiger partial charge in [-0.15, -0.1) is 0 Å². The van der Waals surface area contributed by atoms with E-state index in [9.17, 15) is 0 Å². The van der Waals surface area contributed by atoms with Crippen LogP contribution in [0.1, 0.15) is 25.6 Å². The molecule has 0 radical (unpaired) electrons. The summed E-state index contributed by atoms with van der Waals surface area (Å²) >= 11 is 0. The van der Waals surface area contributed by atoms with Crippen LogP contribution >= 0.6 is 0 Å². The van der Waals surface area contributed by atoms with Gasteiger partial charge in [0.1, 0.15) is 5.82 Å². The van der Waals surface area contributed by atoms with E-state index in [-0.39, 0.29) is 0 Å². The summed E-state index contributed by atoms with van der Waals surface area (Å²) in [6.45, 7) is 5.48. The summed E-state index contributed by atoms with van der Waals surface area (Å²) in [5.41, 5.74) is 0. The molecule has 0 saturated heterocycles. The van der Waals surface area contributed by atoms with E-state index in [4.69, 9.17) is 4.74 Å². The van der Waals surface area contributed by atoms with Crippen LogP contribution in [0, 0.1) is 0 Å². The Balaban J connectivity index is 1.85. The van der Waals surface area contributed by atoms with E-state index >= 15 is 0 Å². The minimum Gasteiger partial charge on any atom is -0.380 e. The van der Waals surface area contributed by atoms with Crippen LogP contribution in [-0.4, -0.2) is 29.7 Å². The molecule has 4 heteroatoms. The van der Waals surface area contributed by atoms with Gasteiger partial charge in [0.15, 0.2) is 0 Å². The number of aromatic amines is 1. The summed E-state index contributed by atoms with van der Waals surface area (Å²) < 4.78 is 5.40. The molecule has 4 nitrogen and oxygen atoms in total. The Kier molecular flexibility index (Phi) is 6.02. The van der Waals surface area contributed by atoms with Gasteiger partial charge in [0.2, 0.25) is 0 Å². The highest BCUT2D eigenvalue weighted by atomic mass is 16.5. The first-order valence-electron chi connectivity index (χ1n) is 5.20. The van der Waals surface area contributed by atoms with Crippen molar-refractivity contribution in [3.63, 3.8) is 0 Å². The van der Waals surface area contributed by atoms with E-state index < -0.39 is 0 Å². The van der Waals surface area contributed by atoms with E-state index in [1.807, 2.05) is 6.20 Å². The summed E-state index contributed by atoms with van der Waals surface area (Å²) in [6, 6.07) is 0. The largest absolute Gasteiger partial charge is 0.380 e. The fourth-order valence-corrected chi connectivity index (χ4v) is 1.09. The number of unbranched alkanes of at least 4 members (excludes halogenated alkanes) is 1. The number of imidazole rings is 1. The van der Waals surface area contributed by atoms with E-state index in [0.717, 1.165) is 38.5 Å². The molecule has 0 aliphatic rings. The molecule has 0 aromatic carbocycles. The Bertz CT molecular complexity index is 211. The summed E-state index contributed by atoms with van der Waals surface area (Å²) in [6.07, 6.45) is 5.93. The first kappa shape index (κ1) is 11.2. The van der Waals surface area contributed by atoms with Crippen molar-refractivity contribution >= 4 is 0 Å². The highest BCUT2D eigenvalue weighted by Gasteiger charge is 1.92. The molecule has 1 aromatic rings. The molecule has 1 heterocycles. The average molecular weight is 197 g/mol. The molecule has 0 unspecified atom stereocenters. The van der Waals surface area contributed by atoms with Gasteiger partial charge in [0.25, 0.3) is 0 Å². The quantitative estimate of drug-likeness (QED) is 0.618. The van der Waals surface area contributed by atoms with Gasteiger partial charge in [-0.1, -0.05) is 13.3 Å². The van der Waals surface area contributed by atoms with Crippen LogP contribution in [0.5, 0.6) is 0 Å². The Hall–Kier alpha value is -0.870. The molecular formula is C10H19N3O. The third kappa shape index (κ3) is 4.99. The Morgan fingerprint density at radius 1 is 1.50 bits per heavy atom. The molecule has 0 amide bonds. The summed E-state index contributed by atoms with van der Waals surface area (Å²) in [5, 5.41) is 3.25. The third-order valence-electron chi connectivity index (χ3n) is 1.91. The normalized spacial score (nSPS) is 10.6. The molecule has 0 fully saturated rings. The maximum absolute atomic E-state index is 5.40. The first-order valence-corrected chi connectivity index (χ1v) is 5.20. The zero-order valence-corrected chi connectivity index (χ0v) is 8.75. The molecule has 2 N–H and O–H groups in total. The molecule has 0 saturated carbocycles. The maximum atomic E-state index is 5.40. The molecule has 0 aliphatic carbocycles. The summed E-state index contributed by atoms with van der Waals surface area (Å²) in [5.74, 6) is 0.971. The van der Waals surface area contributed by atoms with Crippen molar-refractivity contribution in [3.8, 4) is 0 Å². The van der Waals surface area contributed by atoms with Crippen LogP contribution in [0.3, 0.4) is 0 Å². The van der Waals surface area contributed by atoms with Crippen LogP contribution in [0.25, 0.3) is 0 Å². The van der Waals surface area contributed by atoms with Crippen LogP contribution in [0.4, 0.5) is 0 Å². The predicted molar refractivity (Wildman–Crippen MR) is 56.0 cm³/mol. The number of nitrogens with zero attached hydrogens (tertiary/aromatic N) is 1. The Morgan fingerprint density at radius 2 is 2.43 bits per heavy atom. The first-order chi connectivity index (χ1) is 6.93. The second-order valence-corrected chi connectivity index (χ2v) is 3.18. The summed E-state index contributed by atoms with van der Waals surface area (Å²) in [7, 11) is 0. The highest BCUT2D eigenvalue weighted by Crippen LogP contribution is 1.88. The van der Waals surface area contributed by atoms with Crippen LogP contribution in [0.2, 0.25) is 0 Å². The number of aromatic nitrogens is 2. The summed E-state index contributed by atoms with van der Waals surface area (Å²) in [4.78, 5) is 7.14. The second-order valence-electron chi connectivity index (χ2n) is 3.18. The SMILES string of the molecule is CCCCOCCNCc1ncc[nH]1. The topological polar surface area (TPSA) is 49.9 Å². The van der Waals surface area contributed by atoms with Gasteiger partial charge in [-0.05, 0) is 6.42 Å². The number of rotatable bonds is 8. The van der Waals surface area contributed by atoms with Crippen molar-refractivity contribution in [2.75, 3.05) is 19.8 Å². The number of hydrogen-bond donors (Lipinski definition) is 2. The van der Waals surface area contributed by atoms with Crippen molar-refractivity contribution < 1.29 is 4.74 Å². The molecule has 0 atom stereocenters. The van der Waals surface area contributed by atoms with Crippen molar-refractivity contribution in [3.05, 3.63) is 18.2 Å². The molecule has 14 heavy (non-hydrogen) atoms. The van der Waals surface area contributed by atoms with Gasteiger partial charge in [-0.2, -0.15) is 0 Å². The number of ether oxygens (including phenoxy) is 1. The molecule has 80 valence electrons. The molecule has 0 bridgehead atoms. The average Bonchev–Trinajstić information content (AvgIpc) is 2.69. The fraction of sp³-hybridized carbons (Fsp3) is 0.700. The lowest BCUT2D eigenvalue weighted by atomic mass is 10.4. The predicted octanol–water partition coefficient (Wildman–Crippen LogP) is 1.32. The van der Waals surface area contributed by atoms with E-state index in [0.29, 0.717) is 0 Å². The molecule has 1 aromatic heterocycles. The molecule has 0 aliphatic heterocycles. The number of nitrogens with one attached hydrogen (secondary N) is 2. The Morgan fingerprint density at radius 3 is 3.14 bits per heavy atom. The van der Waals surface area contributed by atoms with Gasteiger partial charge in [0.05, 0.1) is 13.2 Å². The van der Waals surface area contributed by atoms with Crippen LogP contribution < -0.4 is 5.32 Å². The molecule has 0 spiro atoms. The fourth-order valence-electron chi connectivity index (χ4n) is 1.09. The van der Waals surface area contributed by atoms with Gasteiger partial charge < -0.3 is 15.0 Å². The maximum Gasteiger partial charge on any atom is 0.120 e. The van der Waals surface area contributed by atoms with E-state index in [1.54, 1.807) is 6.20 Å². The second kappa shape index (κ2) is 7.53. The van der Waals surface area contributed by atoms with Gasteiger partial charge >= 0.3 is 0 Å². The van der Waals surface area contributed by atoms with Crippen LogP contribution in [-0.2, 0) is 11.3 Å². The number of hydrogen-bond acceptors (Lipinski definition) is 3. The van der Waals surface area contributed by atoms with Crippen molar-refractivity contribution in [1.29, 1.82) is 0 Å². The molecular weight excluding hydrogens is 178 g/mol. The molecule has 1 rings (SSSR count). The van der Waals surface area contributed by atoms with Crippen LogP contribution in [0.15, 0.2) is 12.4 Å². The zero-order valence-electron chi connectivity index (χ0n) is 8.75. The monoisotopic (exact) mass is 197 g/mol. The zero-order chi connectivity index (χ0) is 10.1. The van der Waals surface area contributed by atoms with Gasteiger partial charge in [-0.25, -0.2) is 4.98 Å².